The molecule has 2 atom stereocenters. The molecule has 0 heterocycles. The molecule has 0 aromatic rings. The van der Waals surface area contributed by atoms with Crippen molar-refractivity contribution in [2.45, 2.75) is 138 Å². The van der Waals surface area contributed by atoms with Crippen molar-refractivity contribution < 1.29 is 9.59 Å². The molecule has 0 aromatic carbocycles. The van der Waals surface area contributed by atoms with Crippen LogP contribution in [0.5, 0.6) is 0 Å². The van der Waals surface area contributed by atoms with Gasteiger partial charge >= 0.3 is 6.03 Å². The second kappa shape index (κ2) is 10.4. The molecule has 0 aromatic heterocycles. The predicted octanol–water partition coefficient (Wildman–Crippen LogP) is 5.83. The zero-order chi connectivity index (χ0) is 23.4. The fourth-order valence-corrected chi connectivity index (χ4v) is 5.95. The number of urea groups is 1. The Labute approximate surface area is 186 Å². The minimum absolute atomic E-state index is 0.0342. The third kappa shape index (κ3) is 7.46. The molecule has 5 heteroatoms. The lowest BCUT2D eigenvalue weighted by Gasteiger charge is -2.47. The van der Waals surface area contributed by atoms with Crippen LogP contribution in [0.1, 0.15) is 108 Å². The Hall–Kier alpha value is -1.26. The molecule has 30 heavy (non-hydrogen) atoms. The van der Waals surface area contributed by atoms with Gasteiger partial charge in [0.15, 0.2) is 0 Å². The highest BCUT2D eigenvalue weighted by Crippen LogP contribution is 2.48. The van der Waals surface area contributed by atoms with E-state index in [9.17, 15) is 9.59 Å². The molecule has 1 saturated carbocycles. The van der Waals surface area contributed by atoms with Crippen LogP contribution in [-0.2, 0) is 4.79 Å². The Bertz CT molecular complexity index is 567. The summed E-state index contributed by atoms with van der Waals surface area (Å²) >= 11 is 0. The second-order valence-electron chi connectivity index (χ2n) is 11.8. The van der Waals surface area contributed by atoms with Gasteiger partial charge in [0, 0.05) is 36.6 Å². The summed E-state index contributed by atoms with van der Waals surface area (Å²) in [6.07, 6.45) is 4.45. The maximum Gasteiger partial charge on any atom is 0.318 e. The number of nitrogens with zero attached hydrogens (tertiary/aromatic N) is 2. The van der Waals surface area contributed by atoms with Gasteiger partial charge in [-0.15, -0.1) is 0 Å². The summed E-state index contributed by atoms with van der Waals surface area (Å²) in [6, 6.07) is 0.961. The molecule has 5 nitrogen and oxygen atoms in total. The summed E-state index contributed by atoms with van der Waals surface area (Å²) in [5.74, 6) is 0.246. The summed E-state index contributed by atoms with van der Waals surface area (Å²) in [7, 11) is 0. The molecule has 0 aliphatic heterocycles. The third-order valence-corrected chi connectivity index (χ3v) is 6.46. The van der Waals surface area contributed by atoms with E-state index in [0.29, 0.717) is 6.42 Å². The Morgan fingerprint density at radius 2 is 1.30 bits per heavy atom. The first-order valence-corrected chi connectivity index (χ1v) is 12.0. The van der Waals surface area contributed by atoms with Crippen molar-refractivity contribution in [1.29, 1.82) is 0 Å². The largest absolute Gasteiger partial charge is 0.338 e. The molecule has 0 spiro atoms. The molecule has 0 radical (unpaired) electrons. The lowest BCUT2D eigenvalue weighted by atomic mass is 9.61. The van der Waals surface area contributed by atoms with Crippen LogP contribution >= 0.6 is 0 Å². The highest BCUT2D eigenvalue weighted by Gasteiger charge is 2.42. The van der Waals surface area contributed by atoms with E-state index in [1.807, 2.05) is 9.80 Å². The average molecular weight is 424 g/mol. The van der Waals surface area contributed by atoms with E-state index in [1.165, 1.54) is 0 Å². The molecule has 0 bridgehead atoms. The fraction of sp³-hybridized carbons (Fsp3) is 0.920. The first kappa shape index (κ1) is 26.8. The molecule has 2 unspecified atom stereocenters. The lowest BCUT2D eigenvalue weighted by Crippen LogP contribution is -2.54. The van der Waals surface area contributed by atoms with Crippen molar-refractivity contribution in [2.24, 2.45) is 10.8 Å². The second-order valence-corrected chi connectivity index (χ2v) is 11.8. The molecule has 3 amide bonds. The number of amides is 3. The van der Waals surface area contributed by atoms with Gasteiger partial charge < -0.3 is 15.1 Å². The zero-order valence-electron chi connectivity index (χ0n) is 21.6. The molecular formula is C25H49N3O2. The van der Waals surface area contributed by atoms with Gasteiger partial charge in [0.25, 0.3) is 0 Å². The summed E-state index contributed by atoms with van der Waals surface area (Å²) < 4.78 is 0. The predicted molar refractivity (Wildman–Crippen MR) is 127 cm³/mol. The topological polar surface area (TPSA) is 52.7 Å². The van der Waals surface area contributed by atoms with Gasteiger partial charge in [-0.1, -0.05) is 20.8 Å². The number of carbonyl (C=O) groups excluding carboxylic acids is 2. The van der Waals surface area contributed by atoms with Crippen LogP contribution in [0.3, 0.4) is 0 Å². The smallest absolute Gasteiger partial charge is 0.318 e. The first-order valence-electron chi connectivity index (χ1n) is 12.0. The van der Waals surface area contributed by atoms with E-state index < -0.39 is 0 Å². The van der Waals surface area contributed by atoms with Crippen LogP contribution in [0.25, 0.3) is 0 Å². The Balaban J connectivity index is 2.88. The van der Waals surface area contributed by atoms with Gasteiger partial charge in [-0.2, -0.15) is 0 Å². The van der Waals surface area contributed by atoms with E-state index in [0.717, 1.165) is 25.7 Å². The lowest BCUT2D eigenvalue weighted by molar-refractivity contribution is -0.135. The number of nitrogens with one attached hydrogen (secondary N) is 1. The number of rotatable bonds is 8. The van der Waals surface area contributed by atoms with Gasteiger partial charge in [0.1, 0.15) is 0 Å². The molecule has 1 aliphatic rings. The number of carbonyl (C=O) groups is 2. The van der Waals surface area contributed by atoms with Crippen molar-refractivity contribution in [2.75, 3.05) is 0 Å². The van der Waals surface area contributed by atoms with Crippen LogP contribution in [0.4, 0.5) is 4.79 Å². The van der Waals surface area contributed by atoms with Gasteiger partial charge in [-0.3, -0.25) is 4.79 Å². The minimum atomic E-state index is 0.0342. The molecule has 0 saturated heterocycles. The molecule has 1 rings (SSSR count). The molecule has 1 fully saturated rings. The minimum Gasteiger partial charge on any atom is -0.338 e. The number of hydrogen-bond acceptors (Lipinski definition) is 2. The van der Waals surface area contributed by atoms with Gasteiger partial charge in [-0.05, 0) is 91.9 Å². The van der Waals surface area contributed by atoms with Crippen molar-refractivity contribution in [3.63, 3.8) is 0 Å². The van der Waals surface area contributed by atoms with Gasteiger partial charge in [-0.25, -0.2) is 4.79 Å². The first-order chi connectivity index (χ1) is 13.6. The van der Waals surface area contributed by atoms with Crippen LogP contribution < -0.4 is 5.32 Å². The average Bonchev–Trinajstić information content (AvgIpc) is 2.49. The SMILES string of the molecule is CC(C)N(C(=O)CCC1(C)CC(NC(=O)N(C(C)C)C(C)C)CC(C)(C)C1)C(C)C. The van der Waals surface area contributed by atoms with Crippen LogP contribution in [-0.4, -0.2) is 51.9 Å². The van der Waals surface area contributed by atoms with Gasteiger partial charge in [0.2, 0.25) is 5.91 Å². The standard InChI is InChI=1S/C25H49N3O2/c1-17(2)27(18(3)4)22(29)12-13-25(11)15-21(14-24(9,10)16-25)26-23(30)28(19(5)6)20(7)8/h17-21H,12-16H2,1-11H3,(H,26,30). The maximum atomic E-state index is 13.0. The van der Waals surface area contributed by atoms with E-state index in [2.05, 4.69) is 81.5 Å². The molecule has 1 N–H and O–H groups in total. The van der Waals surface area contributed by atoms with E-state index in [1.54, 1.807) is 0 Å². The summed E-state index contributed by atoms with van der Waals surface area (Å²) in [4.78, 5) is 29.8. The fourth-order valence-electron chi connectivity index (χ4n) is 5.95. The monoisotopic (exact) mass is 423 g/mol. The molecular weight excluding hydrogens is 374 g/mol. The van der Waals surface area contributed by atoms with Crippen molar-refractivity contribution >= 4 is 11.9 Å². The summed E-state index contributed by atoms with van der Waals surface area (Å²) in [6.45, 7) is 23.5. The Morgan fingerprint density at radius 3 is 1.73 bits per heavy atom. The maximum absolute atomic E-state index is 13.0. The highest BCUT2D eigenvalue weighted by molar-refractivity contribution is 5.77. The molecule has 176 valence electrons. The van der Waals surface area contributed by atoms with Crippen molar-refractivity contribution in [3.05, 3.63) is 0 Å². The summed E-state index contributed by atoms with van der Waals surface area (Å²) in [5, 5.41) is 3.33. The van der Waals surface area contributed by atoms with Gasteiger partial charge in [0.05, 0.1) is 0 Å². The third-order valence-electron chi connectivity index (χ3n) is 6.46. The Morgan fingerprint density at radius 1 is 0.833 bits per heavy atom. The molecule has 1 aliphatic carbocycles. The Kier molecular flexibility index (Phi) is 9.25. The van der Waals surface area contributed by atoms with Crippen molar-refractivity contribution in [3.8, 4) is 0 Å². The van der Waals surface area contributed by atoms with E-state index >= 15 is 0 Å². The summed E-state index contributed by atoms with van der Waals surface area (Å²) in [5.41, 5.74) is 0.194. The van der Waals surface area contributed by atoms with Crippen LogP contribution in [0.15, 0.2) is 0 Å². The number of hydrogen-bond donors (Lipinski definition) is 1. The van der Waals surface area contributed by atoms with Crippen LogP contribution in [0.2, 0.25) is 0 Å². The van der Waals surface area contributed by atoms with E-state index in [-0.39, 0.29) is 53.0 Å². The van der Waals surface area contributed by atoms with E-state index in [4.69, 9.17) is 0 Å². The van der Waals surface area contributed by atoms with Crippen LogP contribution in [0, 0.1) is 10.8 Å². The zero-order valence-corrected chi connectivity index (χ0v) is 21.6. The quantitative estimate of drug-likeness (QED) is 0.534. The normalized spacial score (nSPS) is 23.9. The highest BCUT2D eigenvalue weighted by atomic mass is 16.2. The van der Waals surface area contributed by atoms with Crippen molar-refractivity contribution in [1.82, 2.24) is 15.1 Å².